The fourth-order valence-electron chi connectivity index (χ4n) is 2.75. The van der Waals surface area contributed by atoms with Crippen LogP contribution in [0.1, 0.15) is 25.1 Å². The summed E-state index contributed by atoms with van der Waals surface area (Å²) < 4.78 is 28.4. The second kappa shape index (κ2) is 6.77. The molecule has 124 valence electrons. The SMILES string of the molecule is O=c1[nH]c(CCNS(=O)(=O)N2CCCCC2)nc2ccccc12. The van der Waals surface area contributed by atoms with Crippen LogP contribution in [0.3, 0.4) is 0 Å². The lowest BCUT2D eigenvalue weighted by atomic mass is 10.2. The molecule has 1 aromatic carbocycles. The zero-order valence-corrected chi connectivity index (χ0v) is 13.6. The van der Waals surface area contributed by atoms with Crippen molar-refractivity contribution in [2.75, 3.05) is 19.6 Å². The number of rotatable bonds is 5. The van der Waals surface area contributed by atoms with Crippen molar-refractivity contribution in [2.24, 2.45) is 0 Å². The number of nitrogens with one attached hydrogen (secondary N) is 2. The van der Waals surface area contributed by atoms with Gasteiger partial charge in [-0.2, -0.15) is 12.7 Å². The molecule has 2 heterocycles. The zero-order chi connectivity index (χ0) is 16.3. The van der Waals surface area contributed by atoms with Crippen LogP contribution in [0.15, 0.2) is 29.1 Å². The first-order chi connectivity index (χ1) is 11.1. The van der Waals surface area contributed by atoms with Gasteiger partial charge in [-0.1, -0.05) is 18.6 Å². The van der Waals surface area contributed by atoms with Crippen LogP contribution in [0.4, 0.5) is 0 Å². The molecule has 0 radical (unpaired) electrons. The van der Waals surface area contributed by atoms with Crippen molar-refractivity contribution < 1.29 is 8.42 Å². The molecule has 0 atom stereocenters. The van der Waals surface area contributed by atoms with Gasteiger partial charge in [-0.3, -0.25) is 4.79 Å². The number of hydrogen-bond donors (Lipinski definition) is 2. The number of hydrogen-bond acceptors (Lipinski definition) is 4. The third-order valence-electron chi connectivity index (χ3n) is 3.96. The summed E-state index contributed by atoms with van der Waals surface area (Å²) >= 11 is 0. The Hall–Kier alpha value is -1.77. The van der Waals surface area contributed by atoms with Crippen LogP contribution in [-0.2, 0) is 16.6 Å². The molecule has 2 aromatic rings. The highest BCUT2D eigenvalue weighted by Gasteiger charge is 2.23. The molecule has 1 aliphatic rings. The van der Waals surface area contributed by atoms with E-state index in [4.69, 9.17) is 0 Å². The van der Waals surface area contributed by atoms with E-state index >= 15 is 0 Å². The molecule has 23 heavy (non-hydrogen) atoms. The number of H-pyrrole nitrogens is 1. The molecule has 1 aliphatic heterocycles. The zero-order valence-electron chi connectivity index (χ0n) is 12.8. The lowest BCUT2D eigenvalue weighted by Gasteiger charge is -2.25. The van der Waals surface area contributed by atoms with Crippen molar-refractivity contribution in [1.82, 2.24) is 19.0 Å². The standard InChI is InChI=1S/C15H20N4O3S/c20-15-12-6-2-3-7-13(12)17-14(18-15)8-9-16-23(21,22)19-10-4-1-5-11-19/h2-3,6-7,16H,1,4-5,8-11H2,(H,17,18,20). The van der Waals surface area contributed by atoms with E-state index in [0.717, 1.165) is 19.3 Å². The summed E-state index contributed by atoms with van der Waals surface area (Å²) in [6.07, 6.45) is 3.22. The van der Waals surface area contributed by atoms with Crippen molar-refractivity contribution >= 4 is 21.1 Å². The molecule has 0 bridgehead atoms. The first kappa shape index (κ1) is 16.1. The summed E-state index contributed by atoms with van der Waals surface area (Å²) in [5, 5.41) is 0.533. The average molecular weight is 336 g/mol. The van der Waals surface area contributed by atoms with E-state index in [9.17, 15) is 13.2 Å². The van der Waals surface area contributed by atoms with Crippen LogP contribution in [-0.4, -0.2) is 42.3 Å². The Morgan fingerprint density at radius 3 is 2.70 bits per heavy atom. The molecule has 3 rings (SSSR count). The largest absolute Gasteiger partial charge is 0.310 e. The molecule has 7 nitrogen and oxygen atoms in total. The monoisotopic (exact) mass is 336 g/mol. The minimum absolute atomic E-state index is 0.204. The Labute approximate surface area is 134 Å². The maximum absolute atomic E-state index is 12.2. The van der Waals surface area contributed by atoms with Gasteiger partial charge in [-0.25, -0.2) is 9.71 Å². The molecule has 1 saturated heterocycles. The van der Waals surface area contributed by atoms with Gasteiger partial charge in [0.05, 0.1) is 10.9 Å². The van der Waals surface area contributed by atoms with E-state index in [0.29, 0.717) is 36.2 Å². The maximum Gasteiger partial charge on any atom is 0.279 e. The molecular formula is C15H20N4O3S. The number of benzene rings is 1. The molecule has 1 aromatic heterocycles. The predicted molar refractivity (Wildman–Crippen MR) is 88.4 cm³/mol. The summed E-state index contributed by atoms with van der Waals surface area (Å²) in [7, 11) is -3.44. The summed E-state index contributed by atoms with van der Waals surface area (Å²) in [6.45, 7) is 1.35. The van der Waals surface area contributed by atoms with Gasteiger partial charge in [0.1, 0.15) is 5.82 Å². The van der Waals surface area contributed by atoms with Gasteiger partial charge in [0.25, 0.3) is 15.8 Å². The van der Waals surface area contributed by atoms with Crippen molar-refractivity contribution in [3.05, 3.63) is 40.4 Å². The lowest BCUT2D eigenvalue weighted by Crippen LogP contribution is -2.44. The van der Waals surface area contributed by atoms with E-state index in [-0.39, 0.29) is 12.1 Å². The number of aromatic amines is 1. The Balaban J connectivity index is 1.65. The first-order valence-corrected chi connectivity index (χ1v) is 9.23. The quantitative estimate of drug-likeness (QED) is 0.844. The maximum atomic E-state index is 12.2. The highest BCUT2D eigenvalue weighted by atomic mass is 32.2. The van der Waals surface area contributed by atoms with Crippen LogP contribution >= 0.6 is 0 Å². The molecule has 0 amide bonds. The van der Waals surface area contributed by atoms with E-state index in [2.05, 4.69) is 14.7 Å². The highest BCUT2D eigenvalue weighted by Crippen LogP contribution is 2.11. The van der Waals surface area contributed by atoms with Crippen molar-refractivity contribution in [2.45, 2.75) is 25.7 Å². The van der Waals surface area contributed by atoms with Crippen LogP contribution < -0.4 is 10.3 Å². The molecule has 8 heteroatoms. The molecule has 1 fully saturated rings. The van der Waals surface area contributed by atoms with Crippen molar-refractivity contribution in [3.63, 3.8) is 0 Å². The Morgan fingerprint density at radius 1 is 1.17 bits per heavy atom. The van der Waals surface area contributed by atoms with Crippen LogP contribution in [0.5, 0.6) is 0 Å². The number of piperidine rings is 1. The summed E-state index contributed by atoms with van der Waals surface area (Å²) in [5.41, 5.74) is 0.412. The second-order valence-corrected chi connectivity index (χ2v) is 7.39. The third-order valence-corrected chi connectivity index (χ3v) is 5.58. The molecule has 0 unspecified atom stereocenters. The van der Waals surface area contributed by atoms with Gasteiger partial charge in [-0.05, 0) is 25.0 Å². The number of fused-ring (bicyclic) bond motifs is 1. The lowest BCUT2D eigenvalue weighted by molar-refractivity contribution is 0.342. The minimum atomic E-state index is -3.44. The predicted octanol–water partition coefficient (Wildman–Crippen LogP) is 0.786. The Morgan fingerprint density at radius 2 is 1.91 bits per heavy atom. The van der Waals surface area contributed by atoms with Gasteiger partial charge in [0.2, 0.25) is 0 Å². The van der Waals surface area contributed by atoms with Crippen LogP contribution in [0.2, 0.25) is 0 Å². The number of para-hydroxylation sites is 1. The van der Waals surface area contributed by atoms with E-state index < -0.39 is 10.2 Å². The molecular weight excluding hydrogens is 316 g/mol. The normalized spacial score (nSPS) is 16.7. The molecule has 0 saturated carbocycles. The smallest absolute Gasteiger partial charge is 0.279 e. The summed E-state index contributed by atoms with van der Waals surface area (Å²) in [6, 6.07) is 7.08. The van der Waals surface area contributed by atoms with Gasteiger partial charge in [-0.15, -0.1) is 0 Å². The topological polar surface area (TPSA) is 95.2 Å². The van der Waals surface area contributed by atoms with Gasteiger partial charge in [0.15, 0.2) is 0 Å². The Kier molecular flexibility index (Phi) is 4.74. The minimum Gasteiger partial charge on any atom is -0.310 e. The molecule has 2 N–H and O–H groups in total. The number of aromatic nitrogens is 2. The highest BCUT2D eigenvalue weighted by molar-refractivity contribution is 7.87. The molecule has 0 aliphatic carbocycles. The molecule has 0 spiro atoms. The van der Waals surface area contributed by atoms with Crippen molar-refractivity contribution in [3.8, 4) is 0 Å². The van der Waals surface area contributed by atoms with Crippen LogP contribution in [0, 0.1) is 0 Å². The van der Waals surface area contributed by atoms with Gasteiger partial charge in [0, 0.05) is 26.1 Å². The van der Waals surface area contributed by atoms with E-state index in [1.165, 1.54) is 4.31 Å². The fraction of sp³-hybridized carbons (Fsp3) is 0.467. The van der Waals surface area contributed by atoms with Gasteiger partial charge >= 0.3 is 0 Å². The summed E-state index contributed by atoms with van der Waals surface area (Å²) in [4.78, 5) is 19.0. The van der Waals surface area contributed by atoms with E-state index in [1.54, 1.807) is 18.2 Å². The second-order valence-electron chi connectivity index (χ2n) is 5.64. The van der Waals surface area contributed by atoms with Gasteiger partial charge < -0.3 is 4.98 Å². The number of nitrogens with zero attached hydrogens (tertiary/aromatic N) is 2. The van der Waals surface area contributed by atoms with Crippen LogP contribution in [0.25, 0.3) is 10.9 Å². The third kappa shape index (κ3) is 3.77. The van der Waals surface area contributed by atoms with Crippen molar-refractivity contribution in [1.29, 1.82) is 0 Å². The average Bonchev–Trinajstić information content (AvgIpc) is 2.56. The Bertz CT molecular complexity index is 841. The first-order valence-electron chi connectivity index (χ1n) is 7.79. The fourth-order valence-corrected chi connectivity index (χ4v) is 4.03. The summed E-state index contributed by atoms with van der Waals surface area (Å²) in [5.74, 6) is 0.482. The van der Waals surface area contributed by atoms with E-state index in [1.807, 2.05) is 6.07 Å².